The van der Waals surface area contributed by atoms with Crippen LogP contribution in [0.1, 0.15) is 26.7 Å². The van der Waals surface area contributed by atoms with Gasteiger partial charge < -0.3 is 20.9 Å². The van der Waals surface area contributed by atoms with E-state index >= 15 is 0 Å². The van der Waals surface area contributed by atoms with Crippen LogP contribution in [-0.2, 0) is 14.3 Å². The lowest BCUT2D eigenvalue weighted by Gasteiger charge is -2.33. The number of amidine groups is 1. The molecular formula is C15H24N6O4. The van der Waals surface area contributed by atoms with Crippen molar-refractivity contribution in [2.24, 2.45) is 26.6 Å². The highest BCUT2D eigenvalue weighted by atomic mass is 16.5. The first-order valence-corrected chi connectivity index (χ1v) is 8.20. The summed E-state index contributed by atoms with van der Waals surface area (Å²) < 4.78 is 5.11. The molecule has 10 nitrogen and oxygen atoms in total. The fourth-order valence-corrected chi connectivity index (χ4v) is 2.24. The predicted octanol–water partition coefficient (Wildman–Crippen LogP) is -1.46. The fourth-order valence-electron chi connectivity index (χ4n) is 2.24. The summed E-state index contributed by atoms with van der Waals surface area (Å²) in [5.41, 5.74) is 5.84. The molecule has 0 fully saturated rings. The lowest BCUT2D eigenvalue weighted by atomic mass is 10.1. The van der Waals surface area contributed by atoms with Crippen LogP contribution in [0.4, 0.5) is 0 Å². The minimum Gasteiger partial charge on any atom is -0.465 e. The number of amides is 1. The Morgan fingerprint density at radius 3 is 2.92 bits per heavy atom. The molecule has 25 heavy (non-hydrogen) atoms. The van der Waals surface area contributed by atoms with Crippen molar-refractivity contribution in [3.05, 3.63) is 0 Å². The van der Waals surface area contributed by atoms with E-state index in [1.54, 1.807) is 0 Å². The van der Waals surface area contributed by atoms with E-state index in [2.05, 4.69) is 25.6 Å². The maximum absolute atomic E-state index is 12.0. The van der Waals surface area contributed by atoms with Crippen molar-refractivity contribution >= 4 is 29.8 Å². The summed E-state index contributed by atoms with van der Waals surface area (Å²) in [5.74, 6) is -1.95. The lowest BCUT2D eigenvalue weighted by molar-refractivity contribution is -0.146. The van der Waals surface area contributed by atoms with Crippen LogP contribution < -0.4 is 16.4 Å². The summed E-state index contributed by atoms with van der Waals surface area (Å²) in [4.78, 5) is 35.5. The topological polar surface area (TPSA) is 151 Å². The van der Waals surface area contributed by atoms with Gasteiger partial charge in [-0.1, -0.05) is 13.8 Å². The Morgan fingerprint density at radius 2 is 2.24 bits per heavy atom. The van der Waals surface area contributed by atoms with E-state index in [0.29, 0.717) is 19.4 Å². The summed E-state index contributed by atoms with van der Waals surface area (Å²) in [6.45, 7) is 3.99. The quantitative estimate of drug-likeness (QED) is 0.294. The Morgan fingerprint density at radius 1 is 1.48 bits per heavy atom. The number of aliphatic imine (C=N–C) groups is 3. The Hall–Kier alpha value is -2.17. The first-order chi connectivity index (χ1) is 11.9. The third-order valence-corrected chi connectivity index (χ3v) is 3.86. The summed E-state index contributed by atoms with van der Waals surface area (Å²) in [5, 5.41) is 15.2. The number of hydrogen-bond acceptors (Lipinski definition) is 9. The highest BCUT2D eigenvalue weighted by Gasteiger charge is 2.39. The maximum atomic E-state index is 12.0. The zero-order valence-corrected chi connectivity index (χ0v) is 14.4. The second-order valence-corrected chi connectivity index (χ2v) is 6.20. The number of nitrogens with two attached hydrogens (primary N) is 1. The van der Waals surface area contributed by atoms with E-state index in [1.807, 2.05) is 13.8 Å². The lowest BCUT2D eigenvalue weighted by Crippen LogP contribution is -2.65. The van der Waals surface area contributed by atoms with Crippen molar-refractivity contribution in [1.82, 2.24) is 10.6 Å². The number of carbonyl (C=O) groups excluding carboxylic acids is 2. The molecule has 0 aromatic rings. The first-order valence-electron chi connectivity index (χ1n) is 8.20. The fraction of sp³-hybridized carbons (Fsp3) is 0.667. The molecule has 2 aliphatic heterocycles. The van der Waals surface area contributed by atoms with E-state index in [9.17, 15) is 14.7 Å². The van der Waals surface area contributed by atoms with E-state index in [0.717, 1.165) is 0 Å². The Balaban J connectivity index is 1.75. The molecule has 0 aromatic carbocycles. The molecule has 5 N–H and O–H groups in total. The van der Waals surface area contributed by atoms with E-state index in [1.165, 1.54) is 6.34 Å². The molecule has 0 saturated heterocycles. The van der Waals surface area contributed by atoms with Gasteiger partial charge in [0.15, 0.2) is 11.5 Å². The molecule has 2 heterocycles. The molecule has 0 saturated carbocycles. The zero-order valence-electron chi connectivity index (χ0n) is 14.4. The molecule has 2 atom stereocenters. The van der Waals surface area contributed by atoms with Crippen molar-refractivity contribution in [2.45, 2.75) is 38.5 Å². The predicted molar refractivity (Wildman–Crippen MR) is 92.3 cm³/mol. The van der Waals surface area contributed by atoms with Crippen LogP contribution in [0.5, 0.6) is 0 Å². The number of fused-ring (bicyclic) bond motifs is 1. The van der Waals surface area contributed by atoms with Crippen LogP contribution in [0.25, 0.3) is 0 Å². The van der Waals surface area contributed by atoms with Crippen LogP contribution in [0.15, 0.2) is 15.0 Å². The average Bonchev–Trinajstić information content (AvgIpc) is 3.05. The second kappa shape index (κ2) is 8.28. The molecule has 2 aliphatic rings. The standard InChI is InChI=1S/C15H24N6O4/c1-9(2)10(16)14(24)25-6-4-3-5-19-15(7-22)20-12-11(13(23)21-15)17-8-18-12/h8-10,19,22H,3-7,16H2,1-2H3,(H,21,23)/t10-,15?/m0/s1. The van der Waals surface area contributed by atoms with Gasteiger partial charge in [-0.2, -0.15) is 0 Å². The number of esters is 1. The number of ether oxygens (including phenoxy) is 1. The normalized spacial score (nSPS) is 23.0. The SMILES string of the molecule is CC(C)[C@H](N)C(=O)OCCCCNC1(CO)N=C2N=CN=C2C(=O)N1. The minimum atomic E-state index is -1.32. The van der Waals surface area contributed by atoms with Crippen LogP contribution in [0, 0.1) is 5.92 Å². The number of aliphatic hydroxyl groups excluding tert-OH is 1. The van der Waals surface area contributed by atoms with E-state index in [4.69, 9.17) is 10.5 Å². The second-order valence-electron chi connectivity index (χ2n) is 6.20. The highest BCUT2D eigenvalue weighted by molar-refractivity contribution is 6.69. The van der Waals surface area contributed by atoms with E-state index in [-0.39, 0.29) is 24.1 Å². The number of nitrogens with zero attached hydrogens (tertiary/aromatic N) is 3. The molecule has 2 rings (SSSR count). The van der Waals surface area contributed by atoms with Crippen molar-refractivity contribution < 1.29 is 19.4 Å². The Bertz CT molecular complexity index is 615. The number of aliphatic hydroxyl groups is 1. The van der Waals surface area contributed by atoms with Crippen molar-refractivity contribution in [3.8, 4) is 0 Å². The third-order valence-electron chi connectivity index (χ3n) is 3.86. The van der Waals surface area contributed by atoms with Gasteiger partial charge in [0.2, 0.25) is 5.79 Å². The Kier molecular flexibility index (Phi) is 6.34. The molecule has 0 radical (unpaired) electrons. The van der Waals surface area contributed by atoms with Gasteiger partial charge in [-0.15, -0.1) is 0 Å². The largest absolute Gasteiger partial charge is 0.465 e. The van der Waals surface area contributed by atoms with Gasteiger partial charge in [0.25, 0.3) is 5.91 Å². The summed E-state index contributed by atoms with van der Waals surface area (Å²) in [6.07, 6.45) is 2.51. The third kappa shape index (κ3) is 4.68. The van der Waals surface area contributed by atoms with Crippen LogP contribution in [0.3, 0.4) is 0 Å². The first kappa shape index (κ1) is 19.2. The van der Waals surface area contributed by atoms with Gasteiger partial charge in [0.1, 0.15) is 19.0 Å². The van der Waals surface area contributed by atoms with Gasteiger partial charge in [0, 0.05) is 0 Å². The van der Waals surface area contributed by atoms with Gasteiger partial charge in [-0.05, 0) is 25.3 Å². The molecule has 0 aliphatic carbocycles. The van der Waals surface area contributed by atoms with Crippen molar-refractivity contribution in [2.75, 3.05) is 19.8 Å². The summed E-state index contributed by atoms with van der Waals surface area (Å²) in [6, 6.07) is -0.619. The molecule has 0 spiro atoms. The number of nitrogens with one attached hydrogen (secondary N) is 2. The van der Waals surface area contributed by atoms with Crippen LogP contribution >= 0.6 is 0 Å². The van der Waals surface area contributed by atoms with Gasteiger partial charge in [-0.25, -0.2) is 15.0 Å². The Labute approximate surface area is 145 Å². The monoisotopic (exact) mass is 352 g/mol. The average molecular weight is 352 g/mol. The number of hydrogen-bond donors (Lipinski definition) is 4. The number of rotatable bonds is 9. The molecule has 1 amide bonds. The van der Waals surface area contributed by atoms with Crippen molar-refractivity contribution in [3.63, 3.8) is 0 Å². The van der Waals surface area contributed by atoms with Gasteiger partial charge in [0.05, 0.1) is 6.61 Å². The smallest absolute Gasteiger partial charge is 0.323 e. The molecule has 0 bridgehead atoms. The molecule has 1 unspecified atom stereocenters. The molecule has 138 valence electrons. The summed E-state index contributed by atoms with van der Waals surface area (Å²) >= 11 is 0. The zero-order chi connectivity index (χ0) is 18.4. The minimum absolute atomic E-state index is 0.0271. The van der Waals surface area contributed by atoms with Crippen LogP contribution in [0.2, 0.25) is 0 Å². The van der Waals surface area contributed by atoms with E-state index < -0.39 is 30.3 Å². The van der Waals surface area contributed by atoms with Crippen LogP contribution in [-0.4, -0.2) is 66.5 Å². The maximum Gasteiger partial charge on any atom is 0.323 e. The number of unbranched alkanes of at least 4 members (excludes halogenated alkanes) is 1. The van der Waals surface area contributed by atoms with Gasteiger partial charge >= 0.3 is 5.97 Å². The molecule has 0 aromatic heterocycles. The number of carbonyl (C=O) groups is 2. The molecular weight excluding hydrogens is 328 g/mol. The van der Waals surface area contributed by atoms with Gasteiger partial charge in [-0.3, -0.25) is 14.9 Å². The van der Waals surface area contributed by atoms with Crippen molar-refractivity contribution in [1.29, 1.82) is 0 Å². The highest BCUT2D eigenvalue weighted by Crippen LogP contribution is 2.12. The molecule has 10 heteroatoms. The summed E-state index contributed by atoms with van der Waals surface area (Å²) in [7, 11) is 0.